The summed E-state index contributed by atoms with van der Waals surface area (Å²) in [6.45, 7) is 7.92. The van der Waals surface area contributed by atoms with Crippen molar-refractivity contribution in [3.8, 4) is 5.75 Å². The number of para-hydroxylation sites is 1. The molecule has 0 bridgehead atoms. The Morgan fingerprint density at radius 2 is 2.25 bits per heavy atom. The van der Waals surface area contributed by atoms with Crippen LogP contribution in [0.5, 0.6) is 5.75 Å². The van der Waals surface area contributed by atoms with Crippen molar-refractivity contribution < 1.29 is 4.74 Å². The van der Waals surface area contributed by atoms with E-state index in [4.69, 9.17) is 10.5 Å². The molecule has 1 aromatic carbocycles. The maximum Gasteiger partial charge on any atom is 0.123 e. The van der Waals surface area contributed by atoms with E-state index < -0.39 is 0 Å². The standard InChI is InChI=1S/C13H18N2O/c1-11(8-14)9-15-6-7-16-13-5-3-2-4-12(13)10-15/h2-5H,1,6-10,14H2. The van der Waals surface area contributed by atoms with Crippen molar-refractivity contribution in [1.29, 1.82) is 0 Å². The van der Waals surface area contributed by atoms with Crippen LogP contribution in [-0.4, -0.2) is 31.1 Å². The topological polar surface area (TPSA) is 38.5 Å². The summed E-state index contributed by atoms with van der Waals surface area (Å²) in [6.07, 6.45) is 0. The minimum Gasteiger partial charge on any atom is -0.492 e. The van der Waals surface area contributed by atoms with Crippen LogP contribution in [-0.2, 0) is 6.54 Å². The van der Waals surface area contributed by atoms with Gasteiger partial charge in [-0.3, -0.25) is 4.90 Å². The smallest absolute Gasteiger partial charge is 0.123 e. The van der Waals surface area contributed by atoms with Crippen molar-refractivity contribution in [1.82, 2.24) is 4.90 Å². The second-order valence-corrected chi connectivity index (χ2v) is 4.12. The fraction of sp³-hybridized carbons (Fsp3) is 0.385. The largest absolute Gasteiger partial charge is 0.492 e. The Morgan fingerprint density at radius 3 is 3.06 bits per heavy atom. The van der Waals surface area contributed by atoms with E-state index >= 15 is 0 Å². The molecule has 1 aliphatic heterocycles. The molecule has 0 saturated heterocycles. The van der Waals surface area contributed by atoms with Gasteiger partial charge in [-0.15, -0.1) is 0 Å². The molecule has 86 valence electrons. The van der Waals surface area contributed by atoms with Crippen molar-refractivity contribution >= 4 is 0 Å². The molecule has 0 saturated carbocycles. The number of hydrogen-bond donors (Lipinski definition) is 1. The zero-order valence-corrected chi connectivity index (χ0v) is 9.48. The van der Waals surface area contributed by atoms with Gasteiger partial charge in [-0.25, -0.2) is 0 Å². The van der Waals surface area contributed by atoms with Crippen LogP contribution in [0.4, 0.5) is 0 Å². The summed E-state index contributed by atoms with van der Waals surface area (Å²) in [5.41, 5.74) is 7.87. The molecule has 16 heavy (non-hydrogen) atoms. The molecule has 0 fully saturated rings. The van der Waals surface area contributed by atoms with E-state index in [1.165, 1.54) is 5.56 Å². The molecule has 0 spiro atoms. The summed E-state index contributed by atoms with van der Waals surface area (Å²) >= 11 is 0. The fourth-order valence-corrected chi connectivity index (χ4v) is 1.90. The van der Waals surface area contributed by atoms with Crippen LogP contribution in [0.3, 0.4) is 0 Å². The minimum atomic E-state index is 0.555. The lowest BCUT2D eigenvalue weighted by molar-refractivity contribution is 0.239. The number of ether oxygens (including phenoxy) is 1. The Bertz CT molecular complexity index is 376. The maximum atomic E-state index is 5.69. The second kappa shape index (κ2) is 5.14. The normalized spacial score (nSPS) is 16.1. The first-order valence-corrected chi connectivity index (χ1v) is 5.59. The Hall–Kier alpha value is -1.32. The molecule has 0 amide bonds. The van der Waals surface area contributed by atoms with Gasteiger partial charge in [-0.2, -0.15) is 0 Å². The van der Waals surface area contributed by atoms with Gasteiger partial charge in [0.05, 0.1) is 0 Å². The summed E-state index contributed by atoms with van der Waals surface area (Å²) in [7, 11) is 0. The Kier molecular flexibility index (Phi) is 3.59. The molecule has 3 heteroatoms. The van der Waals surface area contributed by atoms with E-state index in [0.29, 0.717) is 6.54 Å². The summed E-state index contributed by atoms with van der Waals surface area (Å²) < 4.78 is 5.69. The first-order valence-electron chi connectivity index (χ1n) is 5.59. The lowest BCUT2D eigenvalue weighted by Crippen LogP contribution is -2.29. The number of nitrogens with zero attached hydrogens (tertiary/aromatic N) is 1. The van der Waals surface area contributed by atoms with Crippen LogP contribution in [0, 0.1) is 0 Å². The molecule has 3 nitrogen and oxygen atoms in total. The van der Waals surface area contributed by atoms with Crippen LogP contribution >= 0.6 is 0 Å². The SMILES string of the molecule is C=C(CN)CN1CCOc2ccccc2C1. The van der Waals surface area contributed by atoms with E-state index in [9.17, 15) is 0 Å². The highest BCUT2D eigenvalue weighted by molar-refractivity contribution is 5.33. The van der Waals surface area contributed by atoms with Gasteiger partial charge in [0, 0.05) is 31.7 Å². The van der Waals surface area contributed by atoms with Gasteiger partial charge in [0.1, 0.15) is 12.4 Å². The van der Waals surface area contributed by atoms with Gasteiger partial charge in [0.2, 0.25) is 0 Å². The number of hydrogen-bond acceptors (Lipinski definition) is 3. The molecule has 1 aliphatic rings. The third kappa shape index (κ3) is 2.62. The molecule has 0 unspecified atom stereocenters. The predicted octanol–water partition coefficient (Wildman–Crippen LogP) is 1.40. The maximum absolute atomic E-state index is 5.69. The highest BCUT2D eigenvalue weighted by Gasteiger charge is 2.14. The van der Waals surface area contributed by atoms with Gasteiger partial charge < -0.3 is 10.5 Å². The van der Waals surface area contributed by atoms with Crippen molar-refractivity contribution in [3.63, 3.8) is 0 Å². The third-order valence-electron chi connectivity index (χ3n) is 2.77. The lowest BCUT2D eigenvalue weighted by Gasteiger charge is -2.19. The van der Waals surface area contributed by atoms with Gasteiger partial charge in [0.15, 0.2) is 0 Å². The van der Waals surface area contributed by atoms with Crippen molar-refractivity contribution in [3.05, 3.63) is 42.0 Å². The molecular formula is C13H18N2O. The Morgan fingerprint density at radius 1 is 1.44 bits per heavy atom. The van der Waals surface area contributed by atoms with Gasteiger partial charge >= 0.3 is 0 Å². The van der Waals surface area contributed by atoms with Crippen molar-refractivity contribution in [2.24, 2.45) is 5.73 Å². The second-order valence-electron chi connectivity index (χ2n) is 4.12. The molecule has 0 aliphatic carbocycles. The number of fused-ring (bicyclic) bond motifs is 1. The number of nitrogens with two attached hydrogens (primary N) is 1. The zero-order valence-electron chi connectivity index (χ0n) is 9.48. The highest BCUT2D eigenvalue weighted by Crippen LogP contribution is 2.22. The predicted molar refractivity (Wildman–Crippen MR) is 65.4 cm³/mol. The van der Waals surface area contributed by atoms with Crippen molar-refractivity contribution in [2.45, 2.75) is 6.54 Å². The van der Waals surface area contributed by atoms with Crippen LogP contribution in [0.25, 0.3) is 0 Å². The summed E-state index contributed by atoms with van der Waals surface area (Å²) in [5, 5.41) is 0. The van der Waals surface area contributed by atoms with Crippen LogP contribution < -0.4 is 10.5 Å². The van der Waals surface area contributed by atoms with Gasteiger partial charge in [0.25, 0.3) is 0 Å². The fourth-order valence-electron chi connectivity index (χ4n) is 1.90. The monoisotopic (exact) mass is 218 g/mol. The molecule has 2 N–H and O–H groups in total. The summed E-state index contributed by atoms with van der Waals surface area (Å²) in [5.74, 6) is 1.00. The Labute approximate surface area is 96.5 Å². The first-order chi connectivity index (χ1) is 7.79. The molecule has 0 atom stereocenters. The van der Waals surface area contributed by atoms with E-state index in [1.54, 1.807) is 0 Å². The van der Waals surface area contributed by atoms with Crippen molar-refractivity contribution in [2.75, 3.05) is 26.2 Å². The van der Waals surface area contributed by atoms with Crippen LogP contribution in [0.2, 0.25) is 0 Å². The van der Waals surface area contributed by atoms with Gasteiger partial charge in [-0.05, 0) is 11.6 Å². The van der Waals surface area contributed by atoms with E-state index in [0.717, 1.165) is 37.6 Å². The molecule has 1 heterocycles. The molecule has 0 aromatic heterocycles. The summed E-state index contributed by atoms with van der Waals surface area (Å²) in [4.78, 5) is 2.32. The quantitative estimate of drug-likeness (QED) is 0.779. The van der Waals surface area contributed by atoms with Crippen LogP contribution in [0.1, 0.15) is 5.56 Å². The Balaban J connectivity index is 2.07. The zero-order chi connectivity index (χ0) is 11.4. The molecule has 0 radical (unpaired) electrons. The lowest BCUT2D eigenvalue weighted by atomic mass is 10.2. The van der Waals surface area contributed by atoms with E-state index in [1.807, 2.05) is 18.2 Å². The van der Waals surface area contributed by atoms with E-state index in [2.05, 4.69) is 17.5 Å². The number of benzene rings is 1. The van der Waals surface area contributed by atoms with Crippen LogP contribution in [0.15, 0.2) is 36.4 Å². The highest BCUT2D eigenvalue weighted by atomic mass is 16.5. The molecular weight excluding hydrogens is 200 g/mol. The molecule has 2 rings (SSSR count). The molecule has 1 aromatic rings. The number of rotatable bonds is 3. The minimum absolute atomic E-state index is 0.555. The average Bonchev–Trinajstić information content (AvgIpc) is 2.50. The third-order valence-corrected chi connectivity index (χ3v) is 2.77. The average molecular weight is 218 g/mol. The van der Waals surface area contributed by atoms with E-state index in [-0.39, 0.29) is 0 Å². The van der Waals surface area contributed by atoms with Gasteiger partial charge in [-0.1, -0.05) is 24.8 Å². The first kappa shape index (κ1) is 11.2. The summed E-state index contributed by atoms with van der Waals surface area (Å²) in [6, 6.07) is 8.19.